The van der Waals surface area contributed by atoms with E-state index < -0.39 is 17.1 Å². The minimum atomic E-state index is -2.32. The van der Waals surface area contributed by atoms with E-state index in [9.17, 15) is 19.8 Å². The number of ether oxygens (including phenoxy) is 1. The van der Waals surface area contributed by atoms with Crippen LogP contribution in [-0.4, -0.2) is 34.5 Å². The number of rotatable bonds is 2. The third-order valence-electron chi connectivity index (χ3n) is 6.05. The normalized spacial score (nSPS) is 28.3. The fourth-order valence-electron chi connectivity index (χ4n) is 4.83. The predicted molar refractivity (Wildman–Crippen MR) is 101 cm³/mol. The molecule has 0 unspecified atom stereocenters. The molecule has 0 saturated carbocycles. The molecule has 0 aromatic heterocycles. The number of anilines is 1. The summed E-state index contributed by atoms with van der Waals surface area (Å²) in [6, 6.07) is 13.6. The van der Waals surface area contributed by atoms with Crippen molar-refractivity contribution >= 4 is 17.3 Å². The Bertz CT molecular complexity index is 1060. The highest BCUT2D eigenvalue weighted by Crippen LogP contribution is 2.59. The fourth-order valence-corrected chi connectivity index (χ4v) is 4.83. The van der Waals surface area contributed by atoms with Gasteiger partial charge in [-0.25, -0.2) is 0 Å². The highest BCUT2D eigenvalue weighted by atomic mass is 16.5. The molecule has 1 heterocycles. The van der Waals surface area contributed by atoms with Crippen molar-refractivity contribution in [1.82, 2.24) is 0 Å². The summed E-state index contributed by atoms with van der Waals surface area (Å²) in [7, 11) is 1.56. The SMILES string of the molecule is COc1ccc(N2C3=C(C(=O)CCC3)[C@]3(O)C(=O)c4ccccc4[C@]23O)cc1. The second-order valence-corrected chi connectivity index (χ2v) is 7.39. The number of benzene rings is 2. The molecule has 28 heavy (non-hydrogen) atoms. The first-order valence-corrected chi connectivity index (χ1v) is 9.24. The molecule has 0 amide bonds. The summed E-state index contributed by atoms with van der Waals surface area (Å²) in [4.78, 5) is 27.6. The molecule has 3 aliphatic rings. The van der Waals surface area contributed by atoms with Gasteiger partial charge in [0.2, 0.25) is 17.1 Å². The van der Waals surface area contributed by atoms with E-state index >= 15 is 0 Å². The number of nitrogens with zero attached hydrogens (tertiary/aromatic N) is 1. The van der Waals surface area contributed by atoms with E-state index in [1.165, 1.54) is 0 Å². The van der Waals surface area contributed by atoms with Crippen LogP contribution in [0.4, 0.5) is 5.69 Å². The van der Waals surface area contributed by atoms with Crippen molar-refractivity contribution in [3.63, 3.8) is 0 Å². The maximum atomic E-state index is 13.2. The van der Waals surface area contributed by atoms with Crippen molar-refractivity contribution in [1.29, 1.82) is 0 Å². The lowest BCUT2D eigenvalue weighted by atomic mass is 9.80. The average Bonchev–Trinajstić information content (AvgIpc) is 3.03. The largest absolute Gasteiger partial charge is 0.497 e. The van der Waals surface area contributed by atoms with Crippen LogP contribution in [-0.2, 0) is 10.5 Å². The number of carbonyl (C=O) groups excluding carboxylic acids is 2. The summed E-state index contributed by atoms with van der Waals surface area (Å²) in [5, 5.41) is 23.6. The van der Waals surface area contributed by atoms with Crippen molar-refractivity contribution in [2.75, 3.05) is 12.0 Å². The van der Waals surface area contributed by atoms with Crippen LogP contribution in [0.3, 0.4) is 0 Å². The lowest BCUT2D eigenvalue weighted by Gasteiger charge is -2.40. The Morgan fingerprint density at radius 1 is 1.00 bits per heavy atom. The van der Waals surface area contributed by atoms with E-state index in [-0.39, 0.29) is 23.3 Å². The minimum absolute atomic E-state index is 0.0262. The lowest BCUT2D eigenvalue weighted by molar-refractivity contribution is -0.123. The molecule has 5 rings (SSSR count). The number of allylic oxidation sites excluding steroid dienone is 1. The van der Waals surface area contributed by atoms with Gasteiger partial charge in [-0.15, -0.1) is 0 Å². The van der Waals surface area contributed by atoms with Crippen LogP contribution >= 0.6 is 0 Å². The molecular weight excluding hydrogens is 358 g/mol. The van der Waals surface area contributed by atoms with Crippen LogP contribution in [0.25, 0.3) is 0 Å². The Balaban J connectivity index is 1.82. The first kappa shape index (κ1) is 17.2. The van der Waals surface area contributed by atoms with Crippen LogP contribution in [0.1, 0.15) is 35.2 Å². The van der Waals surface area contributed by atoms with E-state index in [2.05, 4.69) is 0 Å². The molecule has 0 saturated heterocycles. The highest BCUT2D eigenvalue weighted by molar-refractivity contribution is 6.19. The minimum Gasteiger partial charge on any atom is -0.497 e. The number of aliphatic hydroxyl groups is 2. The van der Waals surface area contributed by atoms with Crippen molar-refractivity contribution in [3.05, 3.63) is 70.9 Å². The molecule has 2 aliphatic carbocycles. The summed E-state index contributed by atoms with van der Waals surface area (Å²) < 4.78 is 5.21. The Labute approximate surface area is 161 Å². The topological polar surface area (TPSA) is 87.1 Å². The predicted octanol–water partition coefficient (Wildman–Crippen LogP) is 2.29. The smallest absolute Gasteiger partial charge is 0.211 e. The van der Waals surface area contributed by atoms with E-state index in [4.69, 9.17) is 4.74 Å². The lowest BCUT2D eigenvalue weighted by Crippen LogP contribution is -2.58. The first-order chi connectivity index (χ1) is 13.4. The molecule has 0 radical (unpaired) electrons. The molecule has 2 atom stereocenters. The van der Waals surface area contributed by atoms with Gasteiger partial charge in [0.1, 0.15) is 5.75 Å². The van der Waals surface area contributed by atoms with Gasteiger partial charge in [0.05, 0.1) is 12.7 Å². The summed E-state index contributed by atoms with van der Waals surface area (Å²) in [6.07, 6.45) is 1.34. The molecule has 142 valence electrons. The Hall–Kier alpha value is -2.96. The number of fused-ring (bicyclic) bond motifs is 4. The quantitative estimate of drug-likeness (QED) is 0.835. The van der Waals surface area contributed by atoms with Crippen LogP contribution in [0, 0.1) is 0 Å². The van der Waals surface area contributed by atoms with Gasteiger partial charge in [-0.2, -0.15) is 0 Å². The third kappa shape index (κ3) is 1.79. The number of hydrogen-bond acceptors (Lipinski definition) is 6. The standard InChI is InChI=1S/C22H19NO5/c1-28-14-11-9-13(10-12-14)23-17-7-4-8-18(24)19(17)21(26)20(25)15-5-2-3-6-16(15)22(21,23)27/h2-3,5-6,9-12,26-27H,4,7-8H2,1H3/t21-,22+/m0/s1. The van der Waals surface area contributed by atoms with Crippen molar-refractivity contribution in [2.45, 2.75) is 30.6 Å². The van der Waals surface area contributed by atoms with Crippen LogP contribution < -0.4 is 9.64 Å². The molecule has 2 N–H and O–H groups in total. The average molecular weight is 377 g/mol. The van der Waals surface area contributed by atoms with E-state index in [0.717, 1.165) is 0 Å². The van der Waals surface area contributed by atoms with E-state index in [0.29, 0.717) is 35.5 Å². The van der Waals surface area contributed by atoms with Crippen LogP contribution in [0.15, 0.2) is 59.8 Å². The monoisotopic (exact) mass is 377 g/mol. The fraction of sp³-hybridized carbons (Fsp3) is 0.273. The summed E-state index contributed by atoms with van der Waals surface area (Å²) in [6.45, 7) is 0. The molecule has 6 nitrogen and oxygen atoms in total. The van der Waals surface area contributed by atoms with E-state index in [1.54, 1.807) is 60.5 Å². The maximum absolute atomic E-state index is 13.2. The summed E-state index contributed by atoms with van der Waals surface area (Å²) >= 11 is 0. The molecular formula is C22H19NO5. The van der Waals surface area contributed by atoms with Crippen LogP contribution in [0.2, 0.25) is 0 Å². The summed E-state index contributed by atoms with van der Waals surface area (Å²) in [5.41, 5.74) is -2.74. The second kappa shape index (κ2) is 5.53. The van der Waals surface area contributed by atoms with Crippen molar-refractivity contribution < 1.29 is 24.5 Å². The number of methoxy groups -OCH3 is 1. The number of hydrogen-bond donors (Lipinski definition) is 2. The Morgan fingerprint density at radius 3 is 2.43 bits per heavy atom. The van der Waals surface area contributed by atoms with Gasteiger partial charge in [-0.05, 0) is 37.1 Å². The molecule has 1 aliphatic heterocycles. The molecule has 0 bridgehead atoms. The van der Waals surface area contributed by atoms with Gasteiger partial charge >= 0.3 is 0 Å². The molecule has 2 aromatic rings. The molecule has 2 aromatic carbocycles. The van der Waals surface area contributed by atoms with Gasteiger partial charge in [-0.1, -0.05) is 24.3 Å². The van der Waals surface area contributed by atoms with Gasteiger partial charge in [0, 0.05) is 28.9 Å². The first-order valence-electron chi connectivity index (χ1n) is 9.24. The van der Waals surface area contributed by atoms with Gasteiger partial charge in [0.15, 0.2) is 5.78 Å². The Morgan fingerprint density at radius 2 is 1.71 bits per heavy atom. The highest BCUT2D eigenvalue weighted by Gasteiger charge is 2.73. The Kier molecular flexibility index (Phi) is 3.39. The zero-order valence-electron chi connectivity index (χ0n) is 15.3. The molecule has 0 fully saturated rings. The number of Topliss-reactive ketones (excluding diaryl/α,β-unsaturated/α-hetero) is 2. The maximum Gasteiger partial charge on any atom is 0.211 e. The zero-order chi connectivity index (χ0) is 19.7. The third-order valence-corrected chi connectivity index (χ3v) is 6.05. The van der Waals surface area contributed by atoms with Gasteiger partial charge in [0.25, 0.3) is 0 Å². The number of carbonyl (C=O) groups is 2. The van der Waals surface area contributed by atoms with Gasteiger partial charge < -0.3 is 19.8 Å². The zero-order valence-corrected chi connectivity index (χ0v) is 15.3. The summed E-state index contributed by atoms with van der Waals surface area (Å²) in [5.74, 6) is -0.286. The van der Waals surface area contributed by atoms with Gasteiger partial charge in [-0.3, -0.25) is 9.59 Å². The van der Waals surface area contributed by atoms with Crippen LogP contribution in [0.5, 0.6) is 5.75 Å². The molecule has 6 heteroatoms. The van der Waals surface area contributed by atoms with Crippen molar-refractivity contribution in [2.24, 2.45) is 0 Å². The second-order valence-electron chi connectivity index (χ2n) is 7.39. The van der Waals surface area contributed by atoms with E-state index in [1.807, 2.05) is 0 Å². The van der Waals surface area contributed by atoms with Crippen molar-refractivity contribution in [3.8, 4) is 5.75 Å². The molecule has 0 spiro atoms. The number of ketones is 2.